The maximum absolute atomic E-state index is 12.4. The van der Waals surface area contributed by atoms with Gasteiger partial charge in [0, 0.05) is 11.5 Å². The number of hydrogen-bond acceptors (Lipinski definition) is 7. The molecular weight excluding hydrogens is 376 g/mol. The van der Waals surface area contributed by atoms with E-state index in [1.54, 1.807) is 0 Å². The number of nitrogens with one attached hydrogen (secondary N) is 1. The molecule has 0 radical (unpaired) electrons. The van der Waals surface area contributed by atoms with Gasteiger partial charge in [0.2, 0.25) is 0 Å². The summed E-state index contributed by atoms with van der Waals surface area (Å²) in [5.74, 6) is -0.1000. The van der Waals surface area contributed by atoms with Crippen LogP contribution in [0.15, 0.2) is 30.5 Å². The first-order chi connectivity index (χ1) is 12.3. The molecule has 0 bridgehead atoms. The number of Topliss-reactive ketones (excluding diaryl/α,β-unsaturated/α-hetero) is 1. The van der Waals surface area contributed by atoms with Crippen LogP contribution in [0.5, 0.6) is 5.75 Å². The van der Waals surface area contributed by atoms with E-state index in [4.69, 9.17) is 4.18 Å². The lowest BCUT2D eigenvalue weighted by Gasteiger charge is -2.05. The summed E-state index contributed by atoms with van der Waals surface area (Å²) in [5.41, 5.74) is 0.324. The van der Waals surface area contributed by atoms with Crippen molar-refractivity contribution in [3.63, 3.8) is 0 Å². The molecule has 1 aliphatic carbocycles. The number of hydrogen-bond donors (Lipinski definition) is 1. The van der Waals surface area contributed by atoms with Crippen LogP contribution in [0.1, 0.15) is 45.7 Å². The first-order valence-electron chi connectivity index (χ1n) is 8.13. The SMILES string of the molecule is CS(=O)(=O)Oc1ccc(C(=O)Nc2ncc(C(=O)C3CCCC3)s2)cc1. The summed E-state index contributed by atoms with van der Waals surface area (Å²) in [6.45, 7) is 0. The lowest BCUT2D eigenvalue weighted by Crippen LogP contribution is -2.12. The molecule has 2 aromatic rings. The van der Waals surface area contributed by atoms with E-state index in [1.165, 1.54) is 41.8 Å². The summed E-state index contributed by atoms with van der Waals surface area (Å²) < 4.78 is 26.9. The van der Waals surface area contributed by atoms with Crippen LogP contribution in [0, 0.1) is 5.92 Å². The maximum atomic E-state index is 12.4. The normalized spacial score (nSPS) is 15.0. The fraction of sp³-hybridized carbons (Fsp3) is 0.353. The molecule has 3 rings (SSSR count). The average Bonchev–Trinajstić information content (AvgIpc) is 3.25. The Labute approximate surface area is 155 Å². The Morgan fingerprint density at radius 1 is 1.19 bits per heavy atom. The Hall–Kier alpha value is -2.26. The minimum absolute atomic E-state index is 0.0707. The largest absolute Gasteiger partial charge is 0.383 e. The van der Waals surface area contributed by atoms with E-state index in [9.17, 15) is 18.0 Å². The van der Waals surface area contributed by atoms with Gasteiger partial charge in [0.1, 0.15) is 5.75 Å². The number of benzene rings is 1. The topological polar surface area (TPSA) is 102 Å². The molecule has 1 aromatic carbocycles. The molecule has 1 N–H and O–H groups in total. The second kappa shape index (κ2) is 7.55. The summed E-state index contributed by atoms with van der Waals surface area (Å²) >= 11 is 1.17. The van der Waals surface area contributed by atoms with Crippen LogP contribution in [0.4, 0.5) is 5.13 Å². The molecule has 0 saturated heterocycles. The molecule has 0 unspecified atom stereocenters. The smallest absolute Gasteiger partial charge is 0.306 e. The van der Waals surface area contributed by atoms with Crippen molar-refractivity contribution in [1.82, 2.24) is 4.98 Å². The van der Waals surface area contributed by atoms with E-state index in [1.807, 2.05) is 0 Å². The predicted octanol–water partition coefficient (Wildman–Crippen LogP) is 3.11. The number of aromatic nitrogens is 1. The fourth-order valence-electron chi connectivity index (χ4n) is 2.84. The minimum atomic E-state index is -3.61. The molecular formula is C17H18N2O5S2. The molecule has 26 heavy (non-hydrogen) atoms. The zero-order valence-electron chi connectivity index (χ0n) is 14.1. The van der Waals surface area contributed by atoms with Gasteiger partial charge in [-0.25, -0.2) is 4.98 Å². The van der Waals surface area contributed by atoms with Crippen LogP contribution in [-0.2, 0) is 10.1 Å². The number of ketones is 1. The quantitative estimate of drug-likeness (QED) is 0.597. The number of carbonyl (C=O) groups excluding carboxylic acids is 2. The predicted molar refractivity (Wildman–Crippen MR) is 98.3 cm³/mol. The highest BCUT2D eigenvalue weighted by molar-refractivity contribution is 7.86. The van der Waals surface area contributed by atoms with Crippen LogP contribution in [0.25, 0.3) is 0 Å². The molecule has 0 spiro atoms. The summed E-state index contributed by atoms with van der Waals surface area (Å²) in [6, 6.07) is 5.70. The van der Waals surface area contributed by atoms with Crippen LogP contribution < -0.4 is 9.50 Å². The Morgan fingerprint density at radius 2 is 1.85 bits per heavy atom. The third-order valence-electron chi connectivity index (χ3n) is 4.06. The van der Waals surface area contributed by atoms with E-state index in [2.05, 4.69) is 10.3 Å². The van der Waals surface area contributed by atoms with Crippen molar-refractivity contribution >= 4 is 38.3 Å². The van der Waals surface area contributed by atoms with Gasteiger partial charge in [-0.15, -0.1) is 0 Å². The summed E-state index contributed by atoms with van der Waals surface area (Å²) in [6.07, 6.45) is 6.45. The Bertz CT molecular complexity index is 913. The minimum Gasteiger partial charge on any atom is -0.383 e. The van der Waals surface area contributed by atoms with Crippen molar-refractivity contribution in [1.29, 1.82) is 0 Å². The van der Waals surface area contributed by atoms with Crippen molar-refractivity contribution in [2.75, 3.05) is 11.6 Å². The highest BCUT2D eigenvalue weighted by atomic mass is 32.2. The number of thiazole rings is 1. The van der Waals surface area contributed by atoms with E-state index in [-0.39, 0.29) is 17.5 Å². The van der Waals surface area contributed by atoms with E-state index in [0.717, 1.165) is 31.9 Å². The number of anilines is 1. The van der Waals surface area contributed by atoms with Gasteiger partial charge < -0.3 is 4.18 Å². The zero-order valence-corrected chi connectivity index (χ0v) is 15.7. The fourth-order valence-corrected chi connectivity index (χ4v) is 4.13. The van der Waals surface area contributed by atoms with E-state index in [0.29, 0.717) is 15.6 Å². The Balaban J connectivity index is 1.64. The van der Waals surface area contributed by atoms with E-state index >= 15 is 0 Å². The third kappa shape index (κ3) is 4.67. The van der Waals surface area contributed by atoms with Gasteiger partial charge in [-0.3, -0.25) is 14.9 Å². The second-order valence-corrected chi connectivity index (χ2v) is 8.75. The Morgan fingerprint density at radius 3 is 2.46 bits per heavy atom. The number of carbonyl (C=O) groups is 2. The van der Waals surface area contributed by atoms with Gasteiger partial charge in [-0.1, -0.05) is 24.2 Å². The molecule has 138 valence electrons. The molecule has 1 aliphatic rings. The van der Waals surface area contributed by atoms with E-state index < -0.39 is 16.0 Å². The molecule has 0 atom stereocenters. The second-order valence-electron chi connectivity index (χ2n) is 6.14. The van der Waals surface area contributed by atoms with Crippen molar-refractivity contribution in [3.05, 3.63) is 40.9 Å². The molecule has 1 heterocycles. The number of amides is 1. The molecule has 1 amide bonds. The maximum Gasteiger partial charge on any atom is 0.306 e. The highest BCUT2D eigenvalue weighted by Gasteiger charge is 2.25. The van der Waals surface area contributed by atoms with Crippen molar-refractivity contribution < 1.29 is 22.2 Å². The van der Waals surface area contributed by atoms with Gasteiger partial charge in [-0.2, -0.15) is 8.42 Å². The zero-order chi connectivity index (χ0) is 18.7. The third-order valence-corrected chi connectivity index (χ3v) is 5.48. The standard InChI is InChI=1S/C17H18N2O5S2/c1-26(22,23)24-13-8-6-12(7-9-13)16(21)19-17-18-10-14(25-17)15(20)11-4-2-3-5-11/h6-11H,2-5H2,1H3,(H,18,19,21). The van der Waals surface area contributed by atoms with Gasteiger partial charge in [-0.05, 0) is 37.1 Å². The molecule has 9 heteroatoms. The van der Waals surface area contributed by atoms with Gasteiger partial charge in [0.15, 0.2) is 10.9 Å². The van der Waals surface area contributed by atoms with Crippen LogP contribution in [0.2, 0.25) is 0 Å². The summed E-state index contributed by atoms with van der Waals surface area (Å²) in [5, 5.41) is 3.00. The van der Waals surface area contributed by atoms with Crippen LogP contribution >= 0.6 is 11.3 Å². The van der Waals surface area contributed by atoms with Gasteiger partial charge >= 0.3 is 10.1 Å². The summed E-state index contributed by atoms with van der Waals surface area (Å²) in [7, 11) is -3.61. The average molecular weight is 394 g/mol. The van der Waals surface area contributed by atoms with Crippen molar-refractivity contribution in [2.45, 2.75) is 25.7 Å². The molecule has 1 saturated carbocycles. The highest BCUT2D eigenvalue weighted by Crippen LogP contribution is 2.30. The van der Waals surface area contributed by atoms with Gasteiger partial charge in [0.25, 0.3) is 5.91 Å². The number of nitrogens with zero attached hydrogens (tertiary/aromatic N) is 1. The number of rotatable bonds is 6. The van der Waals surface area contributed by atoms with Crippen molar-refractivity contribution in [3.8, 4) is 5.75 Å². The molecule has 0 aliphatic heterocycles. The van der Waals surface area contributed by atoms with Crippen molar-refractivity contribution in [2.24, 2.45) is 5.92 Å². The molecule has 1 fully saturated rings. The van der Waals surface area contributed by atoms with Crippen LogP contribution in [-0.4, -0.2) is 31.3 Å². The van der Waals surface area contributed by atoms with Gasteiger partial charge in [0.05, 0.1) is 17.3 Å². The first-order valence-corrected chi connectivity index (χ1v) is 10.8. The Kier molecular flexibility index (Phi) is 5.38. The summed E-state index contributed by atoms with van der Waals surface area (Å²) in [4.78, 5) is 29.3. The molecule has 1 aromatic heterocycles. The monoisotopic (exact) mass is 394 g/mol. The van der Waals surface area contributed by atoms with Crippen LogP contribution in [0.3, 0.4) is 0 Å². The lowest BCUT2D eigenvalue weighted by molar-refractivity contribution is 0.0926. The molecule has 7 nitrogen and oxygen atoms in total. The first kappa shape index (κ1) is 18.5. The lowest BCUT2D eigenvalue weighted by atomic mass is 10.0.